The Morgan fingerprint density at radius 2 is 1.79 bits per heavy atom. The van der Waals surface area contributed by atoms with E-state index in [9.17, 15) is 19.2 Å². The maximum atomic E-state index is 12.7. The highest BCUT2D eigenvalue weighted by molar-refractivity contribution is 5.81. The minimum Gasteiger partial charge on any atom is -0.353 e. The lowest BCUT2D eigenvalue weighted by atomic mass is 9.94. The molecule has 29 heavy (non-hydrogen) atoms. The van der Waals surface area contributed by atoms with E-state index in [1.807, 2.05) is 6.92 Å². The lowest BCUT2D eigenvalue weighted by Crippen LogP contribution is -2.48. The topological polar surface area (TPSA) is 104 Å². The third kappa shape index (κ3) is 4.58. The summed E-state index contributed by atoms with van der Waals surface area (Å²) in [4.78, 5) is 54.2. The number of likely N-dealkylation sites (tertiary alicyclic amines) is 1. The number of carbonyl (C=O) groups is 2. The highest BCUT2D eigenvalue weighted by Crippen LogP contribution is 2.18. The Balaban J connectivity index is 1.64. The van der Waals surface area contributed by atoms with Crippen LogP contribution in [0.1, 0.15) is 33.6 Å². The summed E-state index contributed by atoms with van der Waals surface area (Å²) in [5.41, 5.74) is -0.623. The molecule has 1 aromatic carbocycles. The third-order valence-electron chi connectivity index (χ3n) is 5.77. The van der Waals surface area contributed by atoms with Crippen molar-refractivity contribution in [3.8, 4) is 0 Å². The van der Waals surface area contributed by atoms with E-state index in [4.69, 9.17) is 0 Å². The van der Waals surface area contributed by atoms with Crippen LogP contribution in [-0.4, -0.2) is 45.4 Å². The van der Waals surface area contributed by atoms with Gasteiger partial charge in [-0.3, -0.25) is 19.0 Å². The summed E-state index contributed by atoms with van der Waals surface area (Å²) in [7, 11) is 0. The van der Waals surface area contributed by atoms with Gasteiger partial charge in [0.05, 0.1) is 10.9 Å². The van der Waals surface area contributed by atoms with E-state index >= 15 is 0 Å². The number of para-hydroxylation sites is 1. The predicted molar refractivity (Wildman–Crippen MR) is 111 cm³/mol. The van der Waals surface area contributed by atoms with Gasteiger partial charge < -0.3 is 15.2 Å². The first-order valence-electron chi connectivity index (χ1n) is 10.1. The monoisotopic (exact) mass is 400 g/mol. The molecule has 0 aliphatic carbocycles. The summed E-state index contributed by atoms with van der Waals surface area (Å²) in [5, 5.41) is 3.40. The fraction of sp³-hybridized carbons (Fsp3) is 0.524. The van der Waals surface area contributed by atoms with Crippen LogP contribution in [-0.2, 0) is 16.1 Å². The number of amides is 2. The van der Waals surface area contributed by atoms with Crippen molar-refractivity contribution in [2.75, 3.05) is 13.1 Å². The van der Waals surface area contributed by atoms with E-state index in [1.54, 1.807) is 29.2 Å². The van der Waals surface area contributed by atoms with Gasteiger partial charge in [-0.1, -0.05) is 26.0 Å². The van der Waals surface area contributed by atoms with E-state index in [-0.39, 0.29) is 30.3 Å². The van der Waals surface area contributed by atoms with Crippen molar-refractivity contribution >= 4 is 22.7 Å². The van der Waals surface area contributed by atoms with Gasteiger partial charge in [0.25, 0.3) is 5.56 Å². The zero-order valence-electron chi connectivity index (χ0n) is 17.1. The number of H-pyrrole nitrogens is 1. The van der Waals surface area contributed by atoms with Gasteiger partial charge in [-0.15, -0.1) is 0 Å². The molecule has 1 fully saturated rings. The molecule has 1 atom stereocenters. The number of hydrogen-bond donors (Lipinski definition) is 2. The van der Waals surface area contributed by atoms with Crippen LogP contribution in [0.25, 0.3) is 10.9 Å². The second kappa shape index (κ2) is 8.63. The summed E-state index contributed by atoms with van der Waals surface area (Å²) in [6.07, 6.45) is 1.15. The minimum atomic E-state index is -0.598. The van der Waals surface area contributed by atoms with Crippen molar-refractivity contribution in [1.29, 1.82) is 0 Å². The molecule has 8 heteroatoms. The molecule has 2 heterocycles. The highest BCUT2D eigenvalue weighted by atomic mass is 16.2. The van der Waals surface area contributed by atoms with Crippen LogP contribution < -0.4 is 16.6 Å². The molecule has 1 aliphatic heterocycles. The van der Waals surface area contributed by atoms with E-state index < -0.39 is 11.2 Å². The molecule has 8 nitrogen and oxygen atoms in total. The largest absolute Gasteiger partial charge is 0.353 e. The van der Waals surface area contributed by atoms with Gasteiger partial charge in [0, 0.05) is 25.0 Å². The van der Waals surface area contributed by atoms with Crippen molar-refractivity contribution in [2.45, 2.75) is 46.2 Å². The Morgan fingerprint density at radius 1 is 1.14 bits per heavy atom. The quantitative estimate of drug-likeness (QED) is 0.784. The van der Waals surface area contributed by atoms with Gasteiger partial charge in [0.1, 0.15) is 6.54 Å². The van der Waals surface area contributed by atoms with E-state index in [0.29, 0.717) is 42.8 Å². The fourth-order valence-electron chi connectivity index (χ4n) is 3.48. The Kier molecular flexibility index (Phi) is 6.20. The molecule has 1 saturated heterocycles. The number of nitrogens with one attached hydrogen (secondary N) is 2. The molecule has 0 spiro atoms. The summed E-state index contributed by atoms with van der Waals surface area (Å²) in [5.74, 6) is -0.0196. The summed E-state index contributed by atoms with van der Waals surface area (Å²) in [6, 6.07) is 6.82. The summed E-state index contributed by atoms with van der Waals surface area (Å²) in [6.45, 7) is 6.67. The number of carbonyl (C=O) groups excluding carboxylic acids is 2. The number of rotatable bonds is 5. The molecule has 156 valence electrons. The Bertz CT molecular complexity index is 1020. The minimum absolute atomic E-state index is 0.0282. The molecule has 2 amide bonds. The molecule has 2 aromatic rings. The Hall–Kier alpha value is -2.90. The van der Waals surface area contributed by atoms with E-state index in [2.05, 4.69) is 24.1 Å². The lowest BCUT2D eigenvalue weighted by Gasteiger charge is -2.32. The number of benzene rings is 1. The standard InChI is InChI=1S/C21H28N4O4/c1-13(2)14(3)22-19(27)15-8-10-24(11-9-15)18(26)12-25-20(28)16-6-4-5-7-17(16)23-21(25)29/h4-7,13-15H,8-12H2,1-3H3,(H,22,27)(H,23,29). The number of aromatic nitrogens is 2. The van der Waals surface area contributed by atoms with Crippen LogP contribution in [0.15, 0.2) is 33.9 Å². The van der Waals surface area contributed by atoms with Crippen LogP contribution in [0.4, 0.5) is 0 Å². The zero-order chi connectivity index (χ0) is 21.1. The average Bonchev–Trinajstić information content (AvgIpc) is 2.70. The van der Waals surface area contributed by atoms with Crippen LogP contribution in [0.2, 0.25) is 0 Å². The van der Waals surface area contributed by atoms with Crippen molar-refractivity contribution in [2.24, 2.45) is 11.8 Å². The SMILES string of the molecule is CC(C)C(C)NC(=O)C1CCN(C(=O)Cn2c(=O)[nH]c3ccccc3c2=O)CC1. The average molecular weight is 400 g/mol. The number of piperidine rings is 1. The molecule has 1 aliphatic rings. The highest BCUT2D eigenvalue weighted by Gasteiger charge is 2.28. The van der Waals surface area contributed by atoms with Gasteiger partial charge in [-0.2, -0.15) is 0 Å². The summed E-state index contributed by atoms with van der Waals surface area (Å²) < 4.78 is 0.938. The molecule has 1 aromatic heterocycles. The Labute approximate surface area is 168 Å². The second-order valence-electron chi connectivity index (χ2n) is 8.06. The first-order chi connectivity index (χ1) is 13.8. The van der Waals surface area contributed by atoms with E-state index in [0.717, 1.165) is 4.57 Å². The van der Waals surface area contributed by atoms with Crippen molar-refractivity contribution in [1.82, 2.24) is 19.8 Å². The zero-order valence-corrected chi connectivity index (χ0v) is 17.1. The normalized spacial score (nSPS) is 16.2. The van der Waals surface area contributed by atoms with Gasteiger partial charge in [0.2, 0.25) is 11.8 Å². The first kappa shape index (κ1) is 20.8. The van der Waals surface area contributed by atoms with Gasteiger partial charge >= 0.3 is 5.69 Å². The first-order valence-corrected chi connectivity index (χ1v) is 10.1. The fourth-order valence-corrected chi connectivity index (χ4v) is 3.48. The van der Waals surface area contributed by atoms with Crippen molar-refractivity contribution in [3.63, 3.8) is 0 Å². The molecule has 2 N–H and O–H groups in total. The van der Waals surface area contributed by atoms with Crippen LogP contribution in [0, 0.1) is 11.8 Å². The van der Waals surface area contributed by atoms with Crippen LogP contribution >= 0.6 is 0 Å². The molecule has 3 rings (SSSR count). The molecular formula is C21H28N4O4. The maximum absolute atomic E-state index is 12.7. The van der Waals surface area contributed by atoms with Crippen molar-refractivity contribution < 1.29 is 9.59 Å². The van der Waals surface area contributed by atoms with Crippen LogP contribution in [0.5, 0.6) is 0 Å². The smallest absolute Gasteiger partial charge is 0.329 e. The third-order valence-corrected chi connectivity index (χ3v) is 5.77. The van der Waals surface area contributed by atoms with Gasteiger partial charge in [-0.25, -0.2) is 4.79 Å². The number of nitrogens with zero attached hydrogens (tertiary/aromatic N) is 2. The van der Waals surface area contributed by atoms with Gasteiger partial charge in [0.15, 0.2) is 0 Å². The van der Waals surface area contributed by atoms with E-state index in [1.165, 1.54) is 0 Å². The van der Waals surface area contributed by atoms with Crippen molar-refractivity contribution in [3.05, 3.63) is 45.1 Å². The van der Waals surface area contributed by atoms with Crippen LogP contribution in [0.3, 0.4) is 0 Å². The number of aromatic amines is 1. The molecule has 0 bridgehead atoms. The predicted octanol–water partition coefficient (Wildman–Crippen LogP) is 1.09. The Morgan fingerprint density at radius 3 is 2.45 bits per heavy atom. The lowest BCUT2D eigenvalue weighted by molar-refractivity contribution is -0.136. The summed E-state index contributed by atoms with van der Waals surface area (Å²) >= 11 is 0. The molecule has 1 unspecified atom stereocenters. The number of hydrogen-bond acceptors (Lipinski definition) is 4. The molecule has 0 saturated carbocycles. The number of fused-ring (bicyclic) bond motifs is 1. The molecule has 0 radical (unpaired) electrons. The van der Waals surface area contributed by atoms with Gasteiger partial charge in [-0.05, 0) is 37.8 Å². The second-order valence-corrected chi connectivity index (χ2v) is 8.06. The maximum Gasteiger partial charge on any atom is 0.329 e. The molecular weight excluding hydrogens is 372 g/mol.